The van der Waals surface area contributed by atoms with Crippen molar-refractivity contribution in [2.45, 2.75) is 19.6 Å². The number of rotatable bonds is 4. The second kappa shape index (κ2) is 10.9. The molecule has 1 aliphatic rings. The zero-order valence-electron chi connectivity index (χ0n) is 31.1. The molecule has 0 bridgehead atoms. The topological polar surface area (TPSA) is 65.8 Å². The number of hydrogen-bond donors (Lipinski definition) is 1. The number of fused-ring (bicyclic) bond motifs is 1. The minimum Gasteiger partial charge on any atom is -0.322 e. The molecule has 1 amide bonds. The Morgan fingerprint density at radius 1 is 1.18 bits per heavy atom. The standard InChI is InChI=1S/C29H27F3N6O/c1-20-5-6-22(16-21(20)8-10-25-18-33-27-4-3-11-34-38(25)27)28(39)35-24-9-7-23(26(17-24)29(30,31)32)19-37-14-12-36(2)13-15-37/h3-7,9,11,16-18H,12-15,19H2,1-2H3,(H,35,39)/i1D3,2D3,12D2,13D2,18D. The van der Waals surface area contributed by atoms with Crippen LogP contribution in [0.1, 0.15) is 53.4 Å². The van der Waals surface area contributed by atoms with Crippen LogP contribution in [0.3, 0.4) is 0 Å². The van der Waals surface area contributed by atoms with E-state index >= 15 is 0 Å². The molecule has 0 spiro atoms. The second-order valence-corrected chi connectivity index (χ2v) is 8.50. The van der Waals surface area contributed by atoms with Gasteiger partial charge in [0.1, 0.15) is 5.69 Å². The van der Waals surface area contributed by atoms with Crippen LogP contribution in [0.15, 0.2) is 60.9 Å². The van der Waals surface area contributed by atoms with Gasteiger partial charge in [-0.2, -0.15) is 18.3 Å². The van der Waals surface area contributed by atoms with Crippen molar-refractivity contribution in [2.75, 3.05) is 38.4 Å². The largest absolute Gasteiger partial charge is 0.416 e. The van der Waals surface area contributed by atoms with Crippen molar-refractivity contribution in [3.05, 3.63) is 94.4 Å². The summed E-state index contributed by atoms with van der Waals surface area (Å²) in [6.45, 7) is -13.3. The Labute approximate surface area is 239 Å². The average Bonchev–Trinajstić information content (AvgIpc) is 3.28. The molecule has 0 saturated carbocycles. The van der Waals surface area contributed by atoms with Gasteiger partial charge in [-0.05, 0) is 67.3 Å². The maximum atomic E-state index is 14.2. The van der Waals surface area contributed by atoms with Gasteiger partial charge in [0.15, 0.2) is 5.65 Å². The van der Waals surface area contributed by atoms with Gasteiger partial charge < -0.3 is 10.2 Å². The van der Waals surface area contributed by atoms with Crippen molar-refractivity contribution in [1.29, 1.82) is 0 Å². The van der Waals surface area contributed by atoms with Gasteiger partial charge in [0.2, 0.25) is 0 Å². The number of imidazole rings is 1. The quantitative estimate of drug-likeness (QED) is 0.385. The van der Waals surface area contributed by atoms with Gasteiger partial charge in [-0.3, -0.25) is 9.69 Å². The summed E-state index contributed by atoms with van der Waals surface area (Å²) < 4.78 is 131. The van der Waals surface area contributed by atoms with Gasteiger partial charge in [-0.15, -0.1) is 0 Å². The number of alkyl halides is 3. The molecule has 0 radical (unpaired) electrons. The molecule has 7 nitrogen and oxygen atoms in total. The van der Waals surface area contributed by atoms with Crippen LogP contribution in [0, 0.1) is 18.7 Å². The Bertz CT molecular complexity index is 2000. The molecule has 1 N–H and O–H groups in total. The maximum Gasteiger partial charge on any atom is 0.416 e. The van der Waals surface area contributed by atoms with Gasteiger partial charge in [0, 0.05) is 69.3 Å². The summed E-state index contributed by atoms with van der Waals surface area (Å²) in [5.41, 5.74) is -1.94. The summed E-state index contributed by atoms with van der Waals surface area (Å²) >= 11 is 0. The van der Waals surface area contributed by atoms with E-state index in [1.807, 2.05) is 0 Å². The van der Waals surface area contributed by atoms with E-state index in [1.165, 1.54) is 16.8 Å². The molecule has 0 atom stereocenters. The number of piperazine rings is 1. The van der Waals surface area contributed by atoms with Gasteiger partial charge in [0.25, 0.3) is 5.91 Å². The molecule has 200 valence electrons. The molecule has 0 aliphatic carbocycles. The van der Waals surface area contributed by atoms with Crippen molar-refractivity contribution in [3.63, 3.8) is 0 Å². The van der Waals surface area contributed by atoms with E-state index in [0.29, 0.717) is 11.7 Å². The zero-order valence-corrected chi connectivity index (χ0v) is 20.1. The third-order valence-corrected chi connectivity index (χ3v) is 5.79. The van der Waals surface area contributed by atoms with Crippen LogP contribution < -0.4 is 5.32 Å². The first-order valence-corrected chi connectivity index (χ1v) is 11.5. The van der Waals surface area contributed by atoms with Gasteiger partial charge in [-0.25, -0.2) is 9.50 Å². The number of nitrogens with one attached hydrogen (secondary N) is 1. The first-order chi connectivity index (χ1) is 23.0. The first-order valence-electron chi connectivity index (χ1n) is 17.0. The Morgan fingerprint density at radius 3 is 2.79 bits per heavy atom. The third-order valence-electron chi connectivity index (χ3n) is 5.79. The van der Waals surface area contributed by atoms with Crippen LogP contribution in [0.2, 0.25) is 0 Å². The fourth-order valence-corrected chi connectivity index (χ4v) is 3.84. The van der Waals surface area contributed by atoms with Crippen LogP contribution >= 0.6 is 0 Å². The molecule has 2 aromatic heterocycles. The van der Waals surface area contributed by atoms with Crippen LogP contribution in [-0.2, 0) is 12.7 Å². The third kappa shape index (κ3) is 6.11. The van der Waals surface area contributed by atoms with Crippen molar-refractivity contribution in [3.8, 4) is 11.8 Å². The van der Waals surface area contributed by atoms with Crippen molar-refractivity contribution in [2.24, 2.45) is 0 Å². The minimum absolute atomic E-state index is 0.0538. The van der Waals surface area contributed by atoms with Crippen LogP contribution in [0.5, 0.6) is 0 Å². The van der Waals surface area contributed by atoms with E-state index in [9.17, 15) is 18.0 Å². The molecule has 1 aliphatic heterocycles. The number of anilines is 1. The van der Waals surface area contributed by atoms with Crippen molar-refractivity contribution >= 4 is 17.2 Å². The highest BCUT2D eigenvalue weighted by atomic mass is 19.4. The first kappa shape index (κ1) is 16.0. The molecule has 1 saturated heterocycles. The molecule has 0 unspecified atom stereocenters. The van der Waals surface area contributed by atoms with E-state index in [4.69, 9.17) is 15.1 Å². The number of carbonyl (C=O) groups is 1. The number of likely N-dealkylation sites (N-methyl/N-ethyl adjacent to an activating group) is 1. The number of benzene rings is 2. The molecule has 2 aromatic carbocycles. The SMILES string of the molecule is [2H]c1nc2cccnn2c1C#Cc1cc(C(=O)Nc2ccc(CN3CC([2H])([2H])N(C([2H])([2H])[2H])C([2H])([2H])C3)c(C(F)(F)F)c2)ccc1C([2H])([2H])[2H]. The van der Waals surface area contributed by atoms with Crippen molar-refractivity contribution < 1.29 is 33.0 Å². The van der Waals surface area contributed by atoms with E-state index < -0.39 is 64.1 Å². The predicted molar refractivity (Wildman–Crippen MR) is 142 cm³/mol. The lowest BCUT2D eigenvalue weighted by molar-refractivity contribution is -0.138. The van der Waals surface area contributed by atoms with Crippen LogP contribution in [-0.4, -0.2) is 63.4 Å². The Balaban J connectivity index is 1.42. The summed E-state index contributed by atoms with van der Waals surface area (Å²) in [5.74, 6) is 4.44. The maximum absolute atomic E-state index is 14.2. The predicted octanol–water partition coefficient (Wildman–Crippen LogP) is 4.46. The van der Waals surface area contributed by atoms with E-state index in [2.05, 4.69) is 27.2 Å². The van der Waals surface area contributed by atoms with E-state index in [0.717, 1.165) is 29.2 Å². The Hall–Kier alpha value is -4.20. The molecule has 39 heavy (non-hydrogen) atoms. The summed E-state index contributed by atoms with van der Waals surface area (Å²) in [4.78, 5) is 18.4. The van der Waals surface area contributed by atoms with Crippen LogP contribution in [0.4, 0.5) is 18.9 Å². The van der Waals surface area contributed by atoms with Crippen LogP contribution in [0.25, 0.3) is 5.65 Å². The number of hydrogen-bond acceptors (Lipinski definition) is 5. The van der Waals surface area contributed by atoms with Gasteiger partial charge in [-0.1, -0.05) is 18.1 Å². The molecule has 10 heteroatoms. The highest BCUT2D eigenvalue weighted by Crippen LogP contribution is 2.34. The zero-order chi connectivity index (χ0) is 37.0. The monoisotopic (exact) mass is 543 g/mol. The summed E-state index contributed by atoms with van der Waals surface area (Å²) in [7, 11) is 0. The fraction of sp³-hybridized carbons (Fsp3) is 0.276. The number of carbonyl (C=O) groups excluding carboxylic acids is 1. The summed E-state index contributed by atoms with van der Waals surface area (Å²) in [5, 5.41) is 6.44. The average molecular weight is 544 g/mol. The highest BCUT2D eigenvalue weighted by Gasteiger charge is 2.34. The Kier molecular flexibility index (Phi) is 4.47. The molecule has 5 rings (SSSR count). The minimum atomic E-state index is -4.96. The van der Waals surface area contributed by atoms with E-state index in [1.54, 1.807) is 12.1 Å². The molecule has 4 aromatic rings. The van der Waals surface area contributed by atoms with E-state index in [-0.39, 0.29) is 44.7 Å². The Morgan fingerprint density at radius 2 is 2.03 bits per heavy atom. The lowest BCUT2D eigenvalue weighted by atomic mass is 10.0. The fourth-order valence-electron chi connectivity index (χ4n) is 3.84. The summed E-state index contributed by atoms with van der Waals surface area (Å²) in [6.07, 6.45) is -3.74. The number of aromatic nitrogens is 3. The normalized spacial score (nSPS) is 22.1. The smallest absolute Gasteiger partial charge is 0.322 e. The number of aryl methyl sites for hydroxylation is 1. The molecular weight excluding hydrogens is 505 g/mol. The molecule has 3 heterocycles. The second-order valence-electron chi connectivity index (χ2n) is 8.50. The lowest BCUT2D eigenvalue weighted by Crippen LogP contribution is -2.44. The van der Waals surface area contributed by atoms with Crippen molar-refractivity contribution in [1.82, 2.24) is 24.4 Å². The number of halogens is 3. The number of nitrogens with zero attached hydrogens (tertiary/aromatic N) is 5. The van der Waals surface area contributed by atoms with Gasteiger partial charge in [0.05, 0.1) is 13.1 Å². The number of amides is 1. The molecule has 1 fully saturated rings. The molecular formula is C29H27F3N6O. The summed E-state index contributed by atoms with van der Waals surface area (Å²) in [6, 6.07) is 9.53. The highest BCUT2D eigenvalue weighted by molar-refractivity contribution is 6.04. The van der Waals surface area contributed by atoms with Gasteiger partial charge >= 0.3 is 6.18 Å². The lowest BCUT2D eigenvalue weighted by Gasteiger charge is -2.33.